The third kappa shape index (κ3) is 1.57. The molecule has 64 valence electrons. The smallest absolute Gasteiger partial charge is 0.0554 e. The van der Waals surface area contributed by atoms with Crippen molar-refractivity contribution in [2.45, 2.75) is 26.3 Å². The summed E-state index contributed by atoms with van der Waals surface area (Å²) in [7, 11) is 0. The molecule has 1 saturated heterocycles. The standard InChI is InChI=1S/C9H17NO/c1-7-3-8(7)10-4-9(2)5-11-6-9/h7-8,10H,3-6H2,1-2H3. The number of hydrogen-bond donors (Lipinski definition) is 1. The van der Waals surface area contributed by atoms with Crippen LogP contribution >= 0.6 is 0 Å². The molecule has 1 aliphatic carbocycles. The lowest BCUT2D eigenvalue weighted by Crippen LogP contribution is -2.47. The minimum absolute atomic E-state index is 0.447. The topological polar surface area (TPSA) is 21.3 Å². The van der Waals surface area contributed by atoms with Gasteiger partial charge in [0.2, 0.25) is 0 Å². The maximum Gasteiger partial charge on any atom is 0.0554 e. The Bertz CT molecular complexity index is 154. The molecule has 2 atom stereocenters. The lowest BCUT2D eigenvalue weighted by molar-refractivity contribution is -0.0992. The van der Waals surface area contributed by atoms with Crippen molar-refractivity contribution in [2.24, 2.45) is 11.3 Å². The van der Waals surface area contributed by atoms with Gasteiger partial charge in [0, 0.05) is 18.0 Å². The van der Waals surface area contributed by atoms with Gasteiger partial charge in [-0.15, -0.1) is 0 Å². The Labute approximate surface area is 68.3 Å². The molecule has 2 fully saturated rings. The van der Waals surface area contributed by atoms with Gasteiger partial charge in [0.1, 0.15) is 0 Å². The molecule has 0 spiro atoms. The molecule has 2 nitrogen and oxygen atoms in total. The number of hydrogen-bond acceptors (Lipinski definition) is 2. The van der Waals surface area contributed by atoms with Crippen molar-refractivity contribution >= 4 is 0 Å². The number of nitrogens with one attached hydrogen (secondary N) is 1. The lowest BCUT2D eigenvalue weighted by Gasteiger charge is -2.38. The Balaban J connectivity index is 1.66. The van der Waals surface area contributed by atoms with Crippen LogP contribution in [-0.2, 0) is 4.74 Å². The first-order valence-electron chi connectivity index (χ1n) is 4.51. The second kappa shape index (κ2) is 2.46. The van der Waals surface area contributed by atoms with E-state index in [9.17, 15) is 0 Å². The van der Waals surface area contributed by atoms with Crippen molar-refractivity contribution in [1.29, 1.82) is 0 Å². The van der Waals surface area contributed by atoms with Gasteiger partial charge < -0.3 is 10.1 Å². The number of ether oxygens (including phenoxy) is 1. The second-order valence-corrected chi connectivity index (χ2v) is 4.50. The van der Waals surface area contributed by atoms with E-state index in [1.165, 1.54) is 6.42 Å². The highest BCUT2D eigenvalue weighted by molar-refractivity contribution is 4.93. The van der Waals surface area contributed by atoms with Crippen LogP contribution in [0.1, 0.15) is 20.3 Å². The highest BCUT2D eigenvalue weighted by atomic mass is 16.5. The molecule has 1 heterocycles. The van der Waals surface area contributed by atoms with Crippen molar-refractivity contribution in [1.82, 2.24) is 5.32 Å². The molecule has 0 aromatic heterocycles. The van der Waals surface area contributed by atoms with Gasteiger partial charge in [0.25, 0.3) is 0 Å². The zero-order valence-electron chi connectivity index (χ0n) is 7.39. The van der Waals surface area contributed by atoms with Crippen LogP contribution in [0.5, 0.6) is 0 Å². The summed E-state index contributed by atoms with van der Waals surface area (Å²) in [6.45, 7) is 7.62. The molecule has 0 bridgehead atoms. The van der Waals surface area contributed by atoms with Gasteiger partial charge in [-0.3, -0.25) is 0 Å². The molecule has 11 heavy (non-hydrogen) atoms. The molecule has 2 heteroatoms. The zero-order chi connectivity index (χ0) is 7.90. The van der Waals surface area contributed by atoms with Crippen molar-refractivity contribution in [3.8, 4) is 0 Å². The quantitative estimate of drug-likeness (QED) is 0.657. The normalized spacial score (nSPS) is 39.8. The molecule has 2 aliphatic rings. The summed E-state index contributed by atoms with van der Waals surface area (Å²) in [5.74, 6) is 0.916. The fourth-order valence-corrected chi connectivity index (χ4v) is 1.54. The van der Waals surface area contributed by atoms with Crippen molar-refractivity contribution in [3.63, 3.8) is 0 Å². The first kappa shape index (κ1) is 7.56. The minimum atomic E-state index is 0.447. The summed E-state index contributed by atoms with van der Waals surface area (Å²) in [4.78, 5) is 0. The van der Waals surface area contributed by atoms with E-state index in [4.69, 9.17) is 4.74 Å². The third-order valence-corrected chi connectivity index (χ3v) is 2.80. The zero-order valence-corrected chi connectivity index (χ0v) is 7.39. The summed E-state index contributed by atoms with van der Waals surface area (Å²) >= 11 is 0. The van der Waals surface area contributed by atoms with E-state index in [2.05, 4.69) is 19.2 Å². The van der Waals surface area contributed by atoms with Crippen LogP contribution in [0.25, 0.3) is 0 Å². The first-order valence-corrected chi connectivity index (χ1v) is 4.51. The van der Waals surface area contributed by atoms with Crippen LogP contribution in [-0.4, -0.2) is 25.8 Å². The first-order chi connectivity index (χ1) is 5.20. The molecular formula is C9H17NO. The molecular weight excluding hydrogens is 138 g/mol. The highest BCUT2D eigenvalue weighted by Crippen LogP contribution is 2.31. The fraction of sp³-hybridized carbons (Fsp3) is 1.00. The van der Waals surface area contributed by atoms with E-state index in [1.54, 1.807) is 0 Å². The van der Waals surface area contributed by atoms with Gasteiger partial charge in [0.05, 0.1) is 13.2 Å². The summed E-state index contributed by atoms with van der Waals surface area (Å²) in [6, 6.07) is 0.812. The van der Waals surface area contributed by atoms with Gasteiger partial charge >= 0.3 is 0 Å². The Morgan fingerprint density at radius 2 is 2.18 bits per heavy atom. The van der Waals surface area contributed by atoms with Crippen LogP contribution in [0, 0.1) is 11.3 Å². The number of rotatable bonds is 3. The molecule has 0 amide bonds. The highest BCUT2D eigenvalue weighted by Gasteiger charge is 2.37. The summed E-state index contributed by atoms with van der Waals surface area (Å²) in [5.41, 5.74) is 0.447. The molecule has 1 saturated carbocycles. The monoisotopic (exact) mass is 155 g/mol. The second-order valence-electron chi connectivity index (χ2n) is 4.50. The van der Waals surface area contributed by atoms with Crippen LogP contribution in [0.2, 0.25) is 0 Å². The Kier molecular flexibility index (Phi) is 1.69. The largest absolute Gasteiger partial charge is 0.380 e. The van der Waals surface area contributed by atoms with Gasteiger partial charge in [-0.2, -0.15) is 0 Å². The molecule has 1 aliphatic heterocycles. The molecule has 1 N–H and O–H groups in total. The summed E-state index contributed by atoms with van der Waals surface area (Å²) in [6.07, 6.45) is 1.37. The van der Waals surface area contributed by atoms with Crippen LogP contribution in [0.15, 0.2) is 0 Å². The minimum Gasteiger partial charge on any atom is -0.380 e. The van der Waals surface area contributed by atoms with Crippen molar-refractivity contribution in [2.75, 3.05) is 19.8 Å². The van der Waals surface area contributed by atoms with Gasteiger partial charge in [-0.05, 0) is 12.3 Å². The van der Waals surface area contributed by atoms with E-state index in [0.29, 0.717) is 5.41 Å². The predicted molar refractivity (Wildman–Crippen MR) is 44.5 cm³/mol. The Hall–Kier alpha value is -0.0800. The van der Waals surface area contributed by atoms with E-state index in [1.807, 2.05) is 0 Å². The lowest BCUT2D eigenvalue weighted by atomic mass is 9.89. The van der Waals surface area contributed by atoms with Crippen LogP contribution in [0.3, 0.4) is 0 Å². The average molecular weight is 155 g/mol. The molecule has 2 unspecified atom stereocenters. The molecule has 0 radical (unpaired) electrons. The fourth-order valence-electron chi connectivity index (χ4n) is 1.54. The predicted octanol–water partition coefficient (Wildman–Crippen LogP) is 1.02. The van der Waals surface area contributed by atoms with Crippen molar-refractivity contribution in [3.05, 3.63) is 0 Å². The molecule has 0 aromatic rings. The molecule has 0 aromatic carbocycles. The van der Waals surface area contributed by atoms with E-state index in [0.717, 1.165) is 31.7 Å². The van der Waals surface area contributed by atoms with E-state index >= 15 is 0 Å². The van der Waals surface area contributed by atoms with E-state index in [-0.39, 0.29) is 0 Å². The summed E-state index contributed by atoms with van der Waals surface area (Å²) in [5, 5.41) is 3.57. The van der Waals surface area contributed by atoms with Gasteiger partial charge in [-0.1, -0.05) is 13.8 Å². The van der Waals surface area contributed by atoms with Gasteiger partial charge in [-0.25, -0.2) is 0 Å². The van der Waals surface area contributed by atoms with E-state index < -0.39 is 0 Å². The maximum atomic E-state index is 5.18. The average Bonchev–Trinajstić information content (AvgIpc) is 2.58. The maximum absolute atomic E-state index is 5.18. The Morgan fingerprint density at radius 1 is 1.55 bits per heavy atom. The summed E-state index contributed by atoms with van der Waals surface area (Å²) < 4.78 is 5.18. The SMILES string of the molecule is CC1CC1NCC1(C)COC1. The van der Waals surface area contributed by atoms with Crippen LogP contribution < -0.4 is 5.32 Å². The van der Waals surface area contributed by atoms with Gasteiger partial charge in [0.15, 0.2) is 0 Å². The molecule has 2 rings (SSSR count). The Morgan fingerprint density at radius 3 is 2.55 bits per heavy atom. The third-order valence-electron chi connectivity index (χ3n) is 2.80. The van der Waals surface area contributed by atoms with Crippen molar-refractivity contribution < 1.29 is 4.74 Å². The van der Waals surface area contributed by atoms with Crippen LogP contribution in [0.4, 0.5) is 0 Å².